The molecule has 22 heavy (non-hydrogen) atoms. The minimum atomic E-state index is 0.341. The summed E-state index contributed by atoms with van der Waals surface area (Å²) in [7, 11) is 0. The van der Waals surface area contributed by atoms with Crippen molar-refractivity contribution < 1.29 is 0 Å². The molecule has 0 saturated carbocycles. The summed E-state index contributed by atoms with van der Waals surface area (Å²) in [6.45, 7) is 0. The topological polar surface area (TPSA) is 0 Å². The molecular weight excluding hydrogens is 351 g/mol. The molecule has 0 N–H and O–H groups in total. The van der Waals surface area contributed by atoms with Crippen LogP contribution < -0.4 is 4.46 Å². The fourth-order valence-electron chi connectivity index (χ4n) is 1.99. The molecule has 0 aromatic heterocycles. The van der Waals surface area contributed by atoms with E-state index < -0.39 is 0 Å². The molecule has 108 valence electrons. The Hall–Kier alpha value is -1.73. The van der Waals surface area contributed by atoms with E-state index in [0.717, 1.165) is 0 Å². The molecule has 0 aliphatic heterocycles. The average molecular weight is 367 g/mol. The van der Waals surface area contributed by atoms with E-state index in [9.17, 15) is 0 Å². The summed E-state index contributed by atoms with van der Waals surface area (Å²) in [5, 5.41) is 0. The molecule has 0 spiro atoms. The van der Waals surface area contributed by atoms with Crippen molar-refractivity contribution in [2.75, 3.05) is 0 Å². The molecule has 0 bridgehead atoms. The number of thioether (sulfide) groups is 1. The van der Waals surface area contributed by atoms with Crippen LogP contribution in [0, 0.1) is 0 Å². The molecule has 2 heteroatoms. The summed E-state index contributed by atoms with van der Waals surface area (Å²) in [5.41, 5.74) is 1.29. The van der Waals surface area contributed by atoms with Gasteiger partial charge in [0.25, 0.3) is 0 Å². The molecule has 0 aliphatic rings. The summed E-state index contributed by atoms with van der Waals surface area (Å²) in [5.74, 6) is 0. The summed E-state index contributed by atoms with van der Waals surface area (Å²) < 4.78 is 1.40. The van der Waals surface area contributed by atoms with Crippen LogP contribution in [0.5, 0.6) is 0 Å². The molecule has 0 nitrogen and oxygen atoms in total. The number of rotatable bonds is 5. The van der Waals surface area contributed by atoms with Crippen molar-refractivity contribution >= 4 is 36.1 Å². The van der Waals surface area contributed by atoms with Gasteiger partial charge in [-0.3, -0.25) is 0 Å². The second-order valence-corrected chi connectivity index (χ2v) is 7.79. The molecule has 0 atom stereocenters. The zero-order valence-electron chi connectivity index (χ0n) is 12.1. The summed E-state index contributed by atoms with van der Waals surface area (Å²) in [6.07, 6.45) is 0. The first-order chi connectivity index (χ1) is 10.9. The number of benzene rings is 3. The van der Waals surface area contributed by atoms with Gasteiger partial charge in [0, 0.05) is 0 Å². The number of hydrogen-bond donors (Lipinski definition) is 0. The summed E-state index contributed by atoms with van der Waals surface area (Å²) in [4.78, 5) is 4.99. The minimum absolute atomic E-state index is 0.341. The molecule has 0 aliphatic carbocycles. The first-order valence-corrected chi connectivity index (χ1v) is 9.78. The van der Waals surface area contributed by atoms with Gasteiger partial charge in [0.1, 0.15) is 0 Å². The van der Waals surface area contributed by atoms with Crippen LogP contribution in [0.25, 0.3) is 4.91 Å². The molecule has 0 unspecified atom stereocenters. The third-order valence-corrected chi connectivity index (χ3v) is 6.38. The van der Waals surface area contributed by atoms with Gasteiger partial charge in [-0.15, -0.1) is 0 Å². The molecule has 3 aromatic rings. The van der Waals surface area contributed by atoms with E-state index >= 15 is 0 Å². The Morgan fingerprint density at radius 3 is 1.86 bits per heavy atom. The monoisotopic (exact) mass is 368 g/mol. The van der Waals surface area contributed by atoms with E-state index in [2.05, 4.69) is 96.0 Å². The third kappa shape index (κ3) is 4.38. The predicted molar refractivity (Wildman–Crippen MR) is 98.5 cm³/mol. The normalized spacial score (nSPS) is 11.4. The Kier molecular flexibility index (Phi) is 5.55. The molecule has 0 amide bonds. The molecule has 3 rings (SSSR count). The van der Waals surface area contributed by atoms with Crippen molar-refractivity contribution in [3.05, 3.63) is 102 Å². The summed E-state index contributed by atoms with van der Waals surface area (Å²) in [6, 6.07) is 31.9. The van der Waals surface area contributed by atoms with Crippen LogP contribution in [0.1, 0.15) is 5.56 Å². The third-order valence-electron chi connectivity index (χ3n) is 3.07. The second-order valence-electron chi connectivity index (χ2n) is 4.69. The average Bonchev–Trinajstić information content (AvgIpc) is 2.61. The maximum atomic E-state index is 2.38. The van der Waals surface area contributed by atoms with E-state index in [0.29, 0.717) is 15.0 Å². The van der Waals surface area contributed by atoms with E-state index in [1.807, 2.05) is 11.8 Å². The van der Waals surface area contributed by atoms with Gasteiger partial charge in [0.05, 0.1) is 0 Å². The fraction of sp³-hybridized carbons (Fsp3) is 0. The zero-order chi connectivity index (χ0) is 15.0. The van der Waals surface area contributed by atoms with Crippen LogP contribution in [0.15, 0.2) is 101 Å². The van der Waals surface area contributed by atoms with E-state index in [1.54, 1.807) is 0 Å². The Morgan fingerprint density at radius 2 is 1.23 bits per heavy atom. The van der Waals surface area contributed by atoms with Crippen LogP contribution in [-0.2, 0) is 0 Å². The van der Waals surface area contributed by atoms with Crippen LogP contribution in [0.2, 0.25) is 0 Å². The predicted octanol–water partition coefficient (Wildman–Crippen LogP) is 4.81. The maximum absolute atomic E-state index is 2.38. The van der Waals surface area contributed by atoms with Gasteiger partial charge in [-0.25, -0.2) is 0 Å². The van der Waals surface area contributed by atoms with Gasteiger partial charge in [-0.05, 0) is 0 Å². The Morgan fingerprint density at radius 1 is 0.682 bits per heavy atom. The van der Waals surface area contributed by atoms with Gasteiger partial charge in [-0.2, -0.15) is 0 Å². The first kappa shape index (κ1) is 15.2. The quantitative estimate of drug-likeness (QED) is 0.461. The van der Waals surface area contributed by atoms with E-state index in [4.69, 9.17) is 0 Å². The van der Waals surface area contributed by atoms with Crippen LogP contribution >= 0.6 is 11.8 Å². The molecule has 3 aromatic carbocycles. The Bertz CT molecular complexity index is 721. The summed E-state index contributed by atoms with van der Waals surface area (Å²) >= 11 is 2.18. The van der Waals surface area contributed by atoms with Gasteiger partial charge >= 0.3 is 143 Å². The SMILES string of the molecule is C(/[Se]c1ccccc1)=C(/Sc1ccccc1)c1ccccc1. The van der Waals surface area contributed by atoms with Crippen LogP contribution in [0.3, 0.4) is 0 Å². The molecule has 0 saturated heterocycles. The Balaban J connectivity index is 1.86. The van der Waals surface area contributed by atoms with Gasteiger partial charge < -0.3 is 0 Å². The van der Waals surface area contributed by atoms with Crippen molar-refractivity contribution in [1.82, 2.24) is 0 Å². The van der Waals surface area contributed by atoms with Gasteiger partial charge in [-0.1, -0.05) is 0 Å². The Labute approximate surface area is 142 Å². The van der Waals surface area contributed by atoms with Gasteiger partial charge in [0.2, 0.25) is 0 Å². The van der Waals surface area contributed by atoms with Crippen molar-refractivity contribution in [3.8, 4) is 0 Å². The zero-order valence-corrected chi connectivity index (χ0v) is 14.6. The first-order valence-electron chi connectivity index (χ1n) is 7.12. The van der Waals surface area contributed by atoms with Gasteiger partial charge in [0.15, 0.2) is 0 Å². The molecule has 0 radical (unpaired) electrons. The van der Waals surface area contributed by atoms with Crippen LogP contribution in [-0.4, -0.2) is 15.0 Å². The van der Waals surface area contributed by atoms with Crippen molar-refractivity contribution in [1.29, 1.82) is 0 Å². The van der Waals surface area contributed by atoms with E-state index in [1.165, 1.54) is 19.8 Å². The van der Waals surface area contributed by atoms with Crippen molar-refractivity contribution in [2.45, 2.75) is 4.90 Å². The molecular formula is C20H16SSe. The van der Waals surface area contributed by atoms with Crippen LogP contribution in [0.4, 0.5) is 0 Å². The second kappa shape index (κ2) is 8.05. The molecule has 0 heterocycles. The van der Waals surface area contributed by atoms with Crippen molar-refractivity contribution in [2.24, 2.45) is 0 Å². The standard InChI is InChI=1S/C20H16SSe/c1-4-10-17(11-5-1)20(21-18-12-6-2-7-13-18)16-22-19-14-8-3-9-15-19/h1-16H/b20-16-. The fourth-order valence-corrected chi connectivity index (χ4v) is 4.85. The van der Waals surface area contributed by atoms with E-state index in [-0.39, 0.29) is 0 Å². The van der Waals surface area contributed by atoms with Crippen molar-refractivity contribution in [3.63, 3.8) is 0 Å². The number of hydrogen-bond acceptors (Lipinski definition) is 1. The molecule has 0 fully saturated rings.